The predicted molar refractivity (Wildman–Crippen MR) is 106 cm³/mol. The molecule has 1 fully saturated rings. The van der Waals surface area contributed by atoms with Crippen LogP contribution in [-0.2, 0) is 16.6 Å². The lowest BCUT2D eigenvalue weighted by Gasteiger charge is -2.31. The number of benzene rings is 1. The van der Waals surface area contributed by atoms with Gasteiger partial charge in [0.05, 0.1) is 7.11 Å². The molecule has 0 atom stereocenters. The number of rotatable bonds is 7. The number of nitrogens with one attached hydrogen (secondary N) is 1. The fourth-order valence-corrected chi connectivity index (χ4v) is 5.43. The van der Waals surface area contributed by atoms with E-state index in [1.165, 1.54) is 18.1 Å². The zero-order valence-corrected chi connectivity index (χ0v) is 17.0. The van der Waals surface area contributed by atoms with Gasteiger partial charge in [0.1, 0.15) is 10.6 Å². The van der Waals surface area contributed by atoms with Gasteiger partial charge >= 0.3 is 0 Å². The van der Waals surface area contributed by atoms with Gasteiger partial charge in [0.25, 0.3) is 0 Å². The number of likely N-dealkylation sites (tertiary alicyclic amines) is 1. The summed E-state index contributed by atoms with van der Waals surface area (Å²) in [5.74, 6) is 0.641. The molecule has 0 radical (unpaired) electrons. The molecule has 2 aromatic rings. The highest BCUT2D eigenvalue weighted by Gasteiger charge is 2.24. The maximum absolute atomic E-state index is 12.6. The van der Waals surface area contributed by atoms with Crippen molar-refractivity contribution in [2.45, 2.75) is 24.3 Å². The number of methoxy groups -OCH3 is 1. The Balaban J connectivity index is 1.54. The van der Waals surface area contributed by atoms with E-state index in [0.717, 1.165) is 32.5 Å². The lowest BCUT2D eigenvalue weighted by Crippen LogP contribution is -2.38. The molecule has 1 N–H and O–H groups in total. The Morgan fingerprint density at radius 2 is 2.08 bits per heavy atom. The number of thiophene rings is 1. The standard InChI is InChI=1S/C18H23ClN2O3S2/c1-24-17-5-4-15(19)11-18(17)26(22,23)20-12-14-6-8-21(9-7-14)13-16-3-2-10-25-16/h2-5,10-11,14,20H,6-9,12-13H2,1H3. The van der Waals surface area contributed by atoms with Crippen LogP contribution in [0.15, 0.2) is 40.6 Å². The molecular weight excluding hydrogens is 392 g/mol. The van der Waals surface area contributed by atoms with Gasteiger partial charge in [-0.2, -0.15) is 0 Å². The molecule has 1 aliphatic heterocycles. The van der Waals surface area contributed by atoms with E-state index in [0.29, 0.717) is 23.2 Å². The Labute approximate surface area is 164 Å². The van der Waals surface area contributed by atoms with E-state index in [4.69, 9.17) is 16.3 Å². The smallest absolute Gasteiger partial charge is 0.244 e. The van der Waals surface area contributed by atoms with Crippen molar-refractivity contribution in [1.29, 1.82) is 0 Å². The van der Waals surface area contributed by atoms with E-state index in [1.54, 1.807) is 23.5 Å². The molecule has 142 valence electrons. The molecule has 0 bridgehead atoms. The molecule has 8 heteroatoms. The largest absolute Gasteiger partial charge is 0.495 e. The second-order valence-corrected chi connectivity index (χ2v) is 9.65. The lowest BCUT2D eigenvalue weighted by molar-refractivity contribution is 0.180. The molecule has 0 spiro atoms. The first-order valence-corrected chi connectivity index (χ1v) is 11.3. The number of hydrogen-bond donors (Lipinski definition) is 1. The van der Waals surface area contributed by atoms with Crippen LogP contribution in [0.1, 0.15) is 17.7 Å². The summed E-state index contributed by atoms with van der Waals surface area (Å²) in [5, 5.41) is 2.47. The average molecular weight is 415 g/mol. The first kappa shape index (κ1) is 19.6. The molecule has 0 saturated carbocycles. The van der Waals surface area contributed by atoms with E-state index < -0.39 is 10.0 Å². The second kappa shape index (κ2) is 8.71. The van der Waals surface area contributed by atoms with Crippen molar-refractivity contribution in [3.63, 3.8) is 0 Å². The monoisotopic (exact) mass is 414 g/mol. The van der Waals surface area contributed by atoms with Gasteiger partial charge < -0.3 is 4.74 Å². The fourth-order valence-electron chi connectivity index (χ4n) is 3.14. The van der Waals surface area contributed by atoms with Crippen LogP contribution in [0.5, 0.6) is 5.75 Å². The van der Waals surface area contributed by atoms with Gasteiger partial charge in [0.2, 0.25) is 10.0 Å². The zero-order chi connectivity index (χ0) is 18.6. The number of halogens is 1. The van der Waals surface area contributed by atoms with Crippen LogP contribution in [0.2, 0.25) is 5.02 Å². The average Bonchev–Trinajstić information content (AvgIpc) is 3.14. The van der Waals surface area contributed by atoms with Crippen LogP contribution in [-0.4, -0.2) is 40.1 Å². The van der Waals surface area contributed by atoms with Gasteiger partial charge in [0.15, 0.2) is 0 Å². The van der Waals surface area contributed by atoms with Crippen LogP contribution < -0.4 is 9.46 Å². The third-order valence-electron chi connectivity index (χ3n) is 4.64. The van der Waals surface area contributed by atoms with Gasteiger partial charge in [-0.1, -0.05) is 17.7 Å². The molecular formula is C18H23ClN2O3S2. The highest BCUT2D eigenvalue weighted by atomic mass is 35.5. The van der Waals surface area contributed by atoms with E-state index in [9.17, 15) is 8.42 Å². The minimum atomic E-state index is -3.65. The molecule has 5 nitrogen and oxygen atoms in total. The molecule has 3 rings (SSSR count). The molecule has 1 saturated heterocycles. The molecule has 0 unspecified atom stereocenters. The van der Waals surface area contributed by atoms with Crippen LogP contribution >= 0.6 is 22.9 Å². The number of hydrogen-bond acceptors (Lipinski definition) is 5. The summed E-state index contributed by atoms with van der Waals surface area (Å²) < 4.78 is 33.1. The summed E-state index contributed by atoms with van der Waals surface area (Å²) in [6.45, 7) is 3.40. The first-order chi connectivity index (χ1) is 12.5. The number of sulfonamides is 1. The number of nitrogens with zero attached hydrogens (tertiary/aromatic N) is 1. The predicted octanol–water partition coefficient (Wildman–Crippen LogP) is 3.60. The number of ether oxygens (including phenoxy) is 1. The van der Waals surface area contributed by atoms with Crippen molar-refractivity contribution in [2.24, 2.45) is 5.92 Å². The van der Waals surface area contributed by atoms with Gasteiger partial charge in [-0.3, -0.25) is 4.90 Å². The van der Waals surface area contributed by atoms with Crippen molar-refractivity contribution in [3.8, 4) is 5.75 Å². The molecule has 1 aromatic heterocycles. The fraction of sp³-hybridized carbons (Fsp3) is 0.444. The quantitative estimate of drug-likeness (QED) is 0.752. The molecule has 1 aliphatic rings. The van der Waals surface area contributed by atoms with E-state index >= 15 is 0 Å². The van der Waals surface area contributed by atoms with Crippen LogP contribution in [0, 0.1) is 5.92 Å². The summed E-state index contributed by atoms with van der Waals surface area (Å²) in [4.78, 5) is 3.89. The summed E-state index contributed by atoms with van der Waals surface area (Å²) in [6.07, 6.45) is 1.97. The topological polar surface area (TPSA) is 58.6 Å². The highest BCUT2D eigenvalue weighted by Crippen LogP contribution is 2.27. The Morgan fingerprint density at radius 1 is 1.31 bits per heavy atom. The molecule has 0 amide bonds. The minimum absolute atomic E-state index is 0.0858. The Bertz CT molecular complexity index is 817. The molecule has 1 aromatic carbocycles. The van der Waals surface area contributed by atoms with Gasteiger partial charge in [-0.25, -0.2) is 13.1 Å². The van der Waals surface area contributed by atoms with Gasteiger partial charge in [-0.05, 0) is 61.5 Å². The van der Waals surface area contributed by atoms with Gasteiger partial charge in [-0.15, -0.1) is 11.3 Å². The Hall–Kier alpha value is -1.12. The highest BCUT2D eigenvalue weighted by molar-refractivity contribution is 7.89. The second-order valence-electron chi connectivity index (χ2n) is 6.45. The van der Waals surface area contributed by atoms with Gasteiger partial charge in [0, 0.05) is 23.0 Å². The normalized spacial score (nSPS) is 16.7. The van der Waals surface area contributed by atoms with E-state index in [1.807, 2.05) is 0 Å². The lowest BCUT2D eigenvalue weighted by atomic mass is 9.97. The first-order valence-electron chi connectivity index (χ1n) is 8.56. The molecule has 26 heavy (non-hydrogen) atoms. The third-order valence-corrected chi connectivity index (χ3v) is 7.18. The third kappa shape index (κ3) is 4.98. The Morgan fingerprint density at radius 3 is 2.73 bits per heavy atom. The molecule has 2 heterocycles. The van der Waals surface area contributed by atoms with Crippen LogP contribution in [0.3, 0.4) is 0 Å². The maximum atomic E-state index is 12.6. The summed E-state index contributed by atoms with van der Waals surface area (Å²) in [7, 11) is -2.20. The van der Waals surface area contributed by atoms with E-state index in [2.05, 4.69) is 27.1 Å². The van der Waals surface area contributed by atoms with E-state index in [-0.39, 0.29) is 4.90 Å². The van der Waals surface area contributed by atoms with Crippen molar-refractivity contribution in [1.82, 2.24) is 9.62 Å². The molecule has 0 aliphatic carbocycles. The van der Waals surface area contributed by atoms with Crippen LogP contribution in [0.25, 0.3) is 0 Å². The maximum Gasteiger partial charge on any atom is 0.244 e. The van der Waals surface area contributed by atoms with Crippen molar-refractivity contribution < 1.29 is 13.2 Å². The summed E-state index contributed by atoms with van der Waals surface area (Å²) in [5.41, 5.74) is 0. The summed E-state index contributed by atoms with van der Waals surface area (Å²) in [6, 6.07) is 8.84. The van der Waals surface area contributed by atoms with Crippen molar-refractivity contribution in [2.75, 3.05) is 26.7 Å². The van der Waals surface area contributed by atoms with Crippen molar-refractivity contribution >= 4 is 33.0 Å². The SMILES string of the molecule is COc1ccc(Cl)cc1S(=O)(=O)NCC1CCN(Cc2cccs2)CC1. The Kier molecular flexibility index (Phi) is 6.58. The number of piperidine rings is 1. The van der Waals surface area contributed by atoms with Crippen molar-refractivity contribution in [3.05, 3.63) is 45.6 Å². The zero-order valence-electron chi connectivity index (χ0n) is 14.7. The summed E-state index contributed by atoms with van der Waals surface area (Å²) >= 11 is 7.73. The minimum Gasteiger partial charge on any atom is -0.495 e. The van der Waals surface area contributed by atoms with Crippen LogP contribution in [0.4, 0.5) is 0 Å².